The second-order valence-corrected chi connectivity index (χ2v) is 6.73. The van der Waals surface area contributed by atoms with Crippen LogP contribution < -0.4 is 15.0 Å². The van der Waals surface area contributed by atoms with E-state index in [1.807, 2.05) is 6.07 Å². The van der Waals surface area contributed by atoms with E-state index in [9.17, 15) is 9.59 Å². The van der Waals surface area contributed by atoms with Crippen LogP contribution in [0.1, 0.15) is 17.3 Å². The van der Waals surface area contributed by atoms with E-state index < -0.39 is 5.97 Å². The maximum atomic E-state index is 12.5. The molecule has 8 heteroatoms. The van der Waals surface area contributed by atoms with Crippen LogP contribution in [0.2, 0.25) is 5.02 Å². The fourth-order valence-corrected chi connectivity index (χ4v) is 3.16. The number of amides is 1. The number of para-hydroxylation sites is 1. The first-order valence-electron chi connectivity index (χ1n) is 9.39. The highest BCUT2D eigenvalue weighted by atomic mass is 35.5. The predicted octanol–water partition coefficient (Wildman–Crippen LogP) is 3.37. The lowest BCUT2D eigenvalue weighted by molar-refractivity contribution is -0.118. The van der Waals surface area contributed by atoms with Crippen LogP contribution in [-0.2, 0) is 14.3 Å². The van der Waals surface area contributed by atoms with Gasteiger partial charge in [0.15, 0.2) is 6.61 Å². The molecule has 0 atom stereocenters. The van der Waals surface area contributed by atoms with Gasteiger partial charge in [-0.15, -0.1) is 0 Å². The first-order chi connectivity index (χ1) is 14.1. The Hall–Kier alpha value is -2.77. The quantitative estimate of drug-likeness (QED) is 0.695. The van der Waals surface area contributed by atoms with E-state index in [0.717, 1.165) is 5.69 Å². The van der Waals surface area contributed by atoms with Crippen molar-refractivity contribution in [1.82, 2.24) is 0 Å². The van der Waals surface area contributed by atoms with Crippen LogP contribution >= 0.6 is 11.6 Å². The van der Waals surface area contributed by atoms with Crippen LogP contribution in [0.5, 0.6) is 5.75 Å². The van der Waals surface area contributed by atoms with Gasteiger partial charge in [0.05, 0.1) is 36.1 Å². The molecule has 0 spiro atoms. The molecule has 0 bridgehead atoms. The molecule has 7 nitrogen and oxygen atoms in total. The molecule has 1 aliphatic rings. The van der Waals surface area contributed by atoms with E-state index >= 15 is 0 Å². The van der Waals surface area contributed by atoms with E-state index in [1.165, 1.54) is 0 Å². The Morgan fingerprint density at radius 3 is 2.66 bits per heavy atom. The van der Waals surface area contributed by atoms with Crippen LogP contribution in [0.3, 0.4) is 0 Å². The summed E-state index contributed by atoms with van der Waals surface area (Å²) in [5.41, 5.74) is 1.65. The summed E-state index contributed by atoms with van der Waals surface area (Å²) in [6.07, 6.45) is 0. The molecule has 154 valence electrons. The number of carbonyl (C=O) groups excluding carboxylic acids is 2. The number of carbonyl (C=O) groups is 2. The Kier molecular flexibility index (Phi) is 7.32. The van der Waals surface area contributed by atoms with Crippen molar-refractivity contribution < 1.29 is 23.8 Å². The SMILES string of the molecule is CCOC(=O)c1cc(NC(=O)COc2ccccc2Cl)ccc1N1CCOCC1. The number of benzene rings is 2. The number of nitrogens with one attached hydrogen (secondary N) is 1. The third kappa shape index (κ3) is 5.62. The molecule has 1 N–H and O–H groups in total. The van der Waals surface area contributed by atoms with E-state index in [1.54, 1.807) is 43.3 Å². The van der Waals surface area contributed by atoms with E-state index in [4.69, 9.17) is 25.8 Å². The van der Waals surface area contributed by atoms with E-state index in [0.29, 0.717) is 48.3 Å². The fourth-order valence-electron chi connectivity index (χ4n) is 2.97. The number of halogens is 1. The maximum absolute atomic E-state index is 12.5. The molecule has 2 aromatic carbocycles. The molecule has 3 rings (SSSR count). The highest BCUT2D eigenvalue weighted by Gasteiger charge is 2.20. The molecule has 1 aliphatic heterocycles. The van der Waals surface area contributed by atoms with Crippen molar-refractivity contribution in [2.24, 2.45) is 0 Å². The lowest BCUT2D eigenvalue weighted by Crippen LogP contribution is -2.37. The zero-order valence-electron chi connectivity index (χ0n) is 16.2. The third-order valence-electron chi connectivity index (χ3n) is 4.32. The number of morpholine rings is 1. The summed E-state index contributed by atoms with van der Waals surface area (Å²) in [6, 6.07) is 12.1. The molecule has 1 saturated heterocycles. The minimum Gasteiger partial charge on any atom is -0.482 e. The lowest BCUT2D eigenvalue weighted by atomic mass is 10.1. The van der Waals surface area contributed by atoms with Crippen molar-refractivity contribution in [3.8, 4) is 5.75 Å². The number of nitrogens with zero attached hydrogens (tertiary/aromatic N) is 1. The van der Waals surface area contributed by atoms with Crippen molar-refractivity contribution in [1.29, 1.82) is 0 Å². The molecule has 29 heavy (non-hydrogen) atoms. The minimum absolute atomic E-state index is 0.205. The number of rotatable bonds is 7. The topological polar surface area (TPSA) is 77.1 Å². The summed E-state index contributed by atoms with van der Waals surface area (Å²) in [4.78, 5) is 26.8. The minimum atomic E-state index is -0.433. The Labute approximate surface area is 174 Å². The molecule has 0 saturated carbocycles. The van der Waals surface area contributed by atoms with E-state index in [2.05, 4.69) is 10.2 Å². The van der Waals surface area contributed by atoms with Crippen molar-refractivity contribution in [3.05, 3.63) is 53.1 Å². The molecule has 2 aromatic rings. The Morgan fingerprint density at radius 1 is 1.17 bits per heavy atom. The Balaban J connectivity index is 1.71. The average molecular weight is 419 g/mol. The van der Waals surface area contributed by atoms with Gasteiger partial charge in [0.1, 0.15) is 5.75 Å². The summed E-state index contributed by atoms with van der Waals surface area (Å²) in [5, 5.41) is 3.17. The monoisotopic (exact) mass is 418 g/mol. The van der Waals surface area contributed by atoms with Crippen molar-refractivity contribution in [2.75, 3.05) is 49.7 Å². The summed E-state index contributed by atoms with van der Waals surface area (Å²) in [6.45, 7) is 4.38. The van der Waals surface area contributed by atoms with Crippen LogP contribution in [0.25, 0.3) is 0 Å². The first kappa shape index (κ1) is 21.0. The van der Waals surface area contributed by atoms with Crippen LogP contribution in [-0.4, -0.2) is 51.4 Å². The summed E-state index contributed by atoms with van der Waals surface area (Å²) < 4.78 is 16.0. The van der Waals surface area contributed by atoms with Crippen LogP contribution in [0.4, 0.5) is 11.4 Å². The summed E-state index contributed by atoms with van der Waals surface area (Å²) in [7, 11) is 0. The van der Waals surface area contributed by atoms with Gasteiger partial charge in [-0.25, -0.2) is 4.79 Å². The molecular formula is C21H23ClN2O5. The van der Waals surface area contributed by atoms with Crippen molar-refractivity contribution in [3.63, 3.8) is 0 Å². The number of anilines is 2. The highest BCUT2D eigenvalue weighted by molar-refractivity contribution is 6.32. The van der Waals surface area contributed by atoms with Gasteiger partial charge in [-0.2, -0.15) is 0 Å². The van der Waals surface area contributed by atoms with Gasteiger partial charge < -0.3 is 24.4 Å². The Morgan fingerprint density at radius 2 is 1.93 bits per heavy atom. The standard InChI is InChI=1S/C21H23ClN2O5/c1-2-28-21(26)16-13-15(7-8-18(16)24-9-11-27-12-10-24)23-20(25)14-29-19-6-4-3-5-17(19)22/h3-8,13H,2,9-12,14H2,1H3,(H,23,25). The maximum Gasteiger partial charge on any atom is 0.340 e. The molecule has 1 heterocycles. The number of hydrogen-bond donors (Lipinski definition) is 1. The molecule has 0 unspecified atom stereocenters. The molecular weight excluding hydrogens is 396 g/mol. The molecule has 1 fully saturated rings. The predicted molar refractivity (Wildman–Crippen MR) is 111 cm³/mol. The normalized spacial score (nSPS) is 13.7. The van der Waals surface area contributed by atoms with Gasteiger partial charge in [-0.1, -0.05) is 23.7 Å². The zero-order chi connectivity index (χ0) is 20.6. The summed E-state index contributed by atoms with van der Waals surface area (Å²) in [5.74, 6) is -0.365. The van der Waals surface area contributed by atoms with Gasteiger partial charge in [0.25, 0.3) is 5.91 Å². The van der Waals surface area contributed by atoms with Crippen LogP contribution in [0, 0.1) is 0 Å². The molecule has 0 aromatic heterocycles. The van der Waals surface area contributed by atoms with Gasteiger partial charge in [0.2, 0.25) is 0 Å². The van der Waals surface area contributed by atoms with Gasteiger partial charge >= 0.3 is 5.97 Å². The lowest BCUT2D eigenvalue weighted by Gasteiger charge is -2.30. The third-order valence-corrected chi connectivity index (χ3v) is 4.64. The fraction of sp³-hybridized carbons (Fsp3) is 0.333. The Bertz CT molecular complexity index is 868. The summed E-state index contributed by atoms with van der Waals surface area (Å²) >= 11 is 6.02. The number of ether oxygens (including phenoxy) is 3. The first-order valence-corrected chi connectivity index (χ1v) is 9.77. The van der Waals surface area contributed by atoms with Crippen molar-refractivity contribution >= 4 is 34.9 Å². The van der Waals surface area contributed by atoms with Crippen LogP contribution in [0.15, 0.2) is 42.5 Å². The number of hydrogen-bond acceptors (Lipinski definition) is 6. The molecule has 0 aliphatic carbocycles. The highest BCUT2D eigenvalue weighted by Crippen LogP contribution is 2.27. The largest absolute Gasteiger partial charge is 0.482 e. The van der Waals surface area contributed by atoms with Crippen molar-refractivity contribution in [2.45, 2.75) is 6.92 Å². The smallest absolute Gasteiger partial charge is 0.340 e. The molecule has 1 amide bonds. The molecule has 0 radical (unpaired) electrons. The van der Waals surface area contributed by atoms with Gasteiger partial charge in [-0.05, 0) is 37.3 Å². The second-order valence-electron chi connectivity index (χ2n) is 6.32. The number of esters is 1. The zero-order valence-corrected chi connectivity index (χ0v) is 16.9. The second kappa shape index (κ2) is 10.1. The van der Waals surface area contributed by atoms with Gasteiger partial charge in [-0.3, -0.25) is 4.79 Å². The van der Waals surface area contributed by atoms with E-state index in [-0.39, 0.29) is 19.1 Å². The van der Waals surface area contributed by atoms with Gasteiger partial charge in [0, 0.05) is 18.8 Å². The average Bonchev–Trinajstić information content (AvgIpc) is 2.74.